The first-order valence-electron chi connectivity index (χ1n) is 12.6. The lowest BCUT2D eigenvalue weighted by Crippen LogP contribution is -2.50. The lowest BCUT2D eigenvalue weighted by atomic mass is 10.1. The normalized spacial score (nSPS) is 17.4. The van der Waals surface area contributed by atoms with E-state index in [-0.39, 0.29) is 13.7 Å². The Kier molecular flexibility index (Phi) is 8.00. The van der Waals surface area contributed by atoms with Gasteiger partial charge in [0.1, 0.15) is 5.60 Å². The van der Waals surface area contributed by atoms with Gasteiger partial charge in [-0.15, -0.1) is 0 Å². The Morgan fingerprint density at radius 1 is 1.09 bits per heavy atom. The molecular formula is C27H37IN4O2S. The number of aryl methyl sites for hydroxylation is 1. The topological polar surface area (TPSA) is 48.4 Å². The Hall–Kier alpha value is -1.81. The molecule has 1 fully saturated rings. The zero-order chi connectivity index (χ0) is 25.3. The Bertz CT molecular complexity index is 1230. The standard InChI is InChI=1S/C27H37IN4O2S/c1-7-19-16-21(30(8-2)9-3)18-24-25(19)29-22-11-10-20(17-23(22)35(24)28)31-12-14-32(15-13-31)26(33)34-27(4,5)6/h10-11,16-18H,7-9,12-15H2,1-6H3. The molecule has 190 valence electrons. The van der Waals surface area contributed by atoms with E-state index in [0.29, 0.717) is 13.1 Å². The fraction of sp³-hybridized carbons (Fsp3) is 0.519. The van der Waals surface area contributed by atoms with Crippen LogP contribution in [0.15, 0.2) is 40.2 Å². The number of carbonyl (C=O) groups excluding carboxylic acids is 1. The van der Waals surface area contributed by atoms with Crippen LogP contribution >= 0.6 is 28.9 Å². The third-order valence-electron chi connectivity index (χ3n) is 6.51. The SMILES string of the molecule is CCc1cc(N(CC)CC)cc2c1N=c1ccc(N3CCN(C(=O)OC(C)(C)C)CC3)cc1=S2I. The van der Waals surface area contributed by atoms with E-state index >= 15 is 0 Å². The molecule has 0 N–H and O–H groups in total. The smallest absolute Gasteiger partial charge is 0.410 e. The molecule has 35 heavy (non-hydrogen) atoms. The fourth-order valence-electron chi connectivity index (χ4n) is 4.60. The van der Waals surface area contributed by atoms with Gasteiger partial charge in [-0.1, -0.05) is 14.6 Å². The van der Waals surface area contributed by atoms with Crippen molar-refractivity contribution in [2.24, 2.45) is 4.99 Å². The first-order valence-corrected chi connectivity index (χ1v) is 16.3. The predicted octanol–water partition coefficient (Wildman–Crippen LogP) is 6.35. The summed E-state index contributed by atoms with van der Waals surface area (Å²) in [5.41, 5.74) is 4.52. The summed E-state index contributed by atoms with van der Waals surface area (Å²) in [5, 5.41) is 1.08. The van der Waals surface area contributed by atoms with Crippen LogP contribution in [-0.2, 0) is 11.2 Å². The van der Waals surface area contributed by atoms with Gasteiger partial charge in [-0.2, -0.15) is 0 Å². The van der Waals surface area contributed by atoms with Gasteiger partial charge in [-0.3, -0.25) is 0 Å². The average molecular weight is 609 g/mol. The number of hydrogen-bond acceptors (Lipinski definition) is 5. The van der Waals surface area contributed by atoms with Crippen LogP contribution in [0.4, 0.5) is 21.9 Å². The van der Waals surface area contributed by atoms with Crippen molar-refractivity contribution in [3.05, 3.63) is 45.8 Å². The maximum atomic E-state index is 12.4. The van der Waals surface area contributed by atoms with Crippen molar-refractivity contribution < 1.29 is 9.53 Å². The Balaban J connectivity index is 1.63. The summed E-state index contributed by atoms with van der Waals surface area (Å²) in [4.78, 5) is 25.5. The highest BCUT2D eigenvalue weighted by atomic mass is 127. The van der Waals surface area contributed by atoms with E-state index in [4.69, 9.17) is 9.73 Å². The summed E-state index contributed by atoms with van der Waals surface area (Å²) < 4.78 is 6.85. The number of amides is 1. The average Bonchev–Trinajstić information content (AvgIpc) is 2.84. The number of carbonyl (C=O) groups is 1. The Morgan fingerprint density at radius 3 is 2.37 bits per heavy atom. The molecule has 6 nitrogen and oxygen atoms in total. The molecule has 2 heterocycles. The largest absolute Gasteiger partial charge is 0.444 e. The molecule has 1 amide bonds. The van der Waals surface area contributed by atoms with Gasteiger partial charge in [-0.05, 0) is 98.1 Å². The van der Waals surface area contributed by atoms with Gasteiger partial charge < -0.3 is 19.4 Å². The summed E-state index contributed by atoms with van der Waals surface area (Å²) in [6, 6.07) is 11.4. The molecule has 0 saturated carbocycles. The number of benzene rings is 2. The molecule has 8 heteroatoms. The number of hydrogen-bond donors (Lipinski definition) is 0. The van der Waals surface area contributed by atoms with Crippen molar-refractivity contribution in [2.75, 3.05) is 49.1 Å². The molecule has 2 aromatic rings. The van der Waals surface area contributed by atoms with Crippen LogP contribution in [0, 0.1) is 4.51 Å². The summed E-state index contributed by atoms with van der Waals surface area (Å²) in [5.74, 6) is 0. The molecule has 2 aliphatic heterocycles. The predicted molar refractivity (Wildman–Crippen MR) is 155 cm³/mol. The Labute approximate surface area is 223 Å². The third kappa shape index (κ3) is 5.63. The summed E-state index contributed by atoms with van der Waals surface area (Å²) in [6.45, 7) is 17.3. The van der Waals surface area contributed by atoms with Gasteiger partial charge in [-0.25, -0.2) is 9.79 Å². The van der Waals surface area contributed by atoms with Gasteiger partial charge >= 0.3 is 6.09 Å². The van der Waals surface area contributed by atoms with Gasteiger partial charge in [0.15, 0.2) is 0 Å². The number of rotatable bonds is 5. The van der Waals surface area contributed by atoms with E-state index in [1.54, 1.807) is 0 Å². The van der Waals surface area contributed by atoms with E-state index in [0.717, 1.165) is 43.6 Å². The second-order valence-electron chi connectivity index (χ2n) is 9.95. The van der Waals surface area contributed by atoms with Crippen molar-refractivity contribution in [2.45, 2.75) is 58.5 Å². The second kappa shape index (κ2) is 10.7. The maximum absolute atomic E-state index is 12.4. The molecular weight excluding hydrogens is 571 g/mol. The van der Waals surface area contributed by atoms with Gasteiger partial charge in [0, 0.05) is 60.0 Å². The number of anilines is 2. The minimum Gasteiger partial charge on any atom is -0.444 e. The molecule has 0 aliphatic carbocycles. The molecule has 0 spiro atoms. The second-order valence-corrected chi connectivity index (χ2v) is 14.0. The van der Waals surface area contributed by atoms with E-state index in [9.17, 15) is 4.79 Å². The van der Waals surface area contributed by atoms with Gasteiger partial charge in [0.05, 0.1) is 11.0 Å². The van der Waals surface area contributed by atoms with Crippen LogP contribution in [0.1, 0.15) is 47.1 Å². The molecule has 0 aromatic heterocycles. The van der Waals surface area contributed by atoms with Crippen LogP contribution in [0.5, 0.6) is 0 Å². The fourth-order valence-corrected chi connectivity index (χ4v) is 8.00. The van der Waals surface area contributed by atoms with Gasteiger partial charge in [0.2, 0.25) is 0 Å². The molecule has 0 radical (unpaired) electrons. The molecule has 1 atom stereocenters. The highest BCUT2D eigenvalue weighted by Crippen LogP contribution is 2.48. The number of ether oxygens (including phenoxy) is 1. The zero-order valence-electron chi connectivity index (χ0n) is 21.7. The summed E-state index contributed by atoms with van der Waals surface area (Å²) in [7, 11) is -0.0848. The van der Waals surface area contributed by atoms with E-state index < -0.39 is 5.60 Å². The van der Waals surface area contributed by atoms with Crippen molar-refractivity contribution in [1.29, 1.82) is 0 Å². The van der Waals surface area contributed by atoms with Crippen molar-refractivity contribution in [3.63, 3.8) is 0 Å². The summed E-state index contributed by atoms with van der Waals surface area (Å²) in [6.07, 6.45) is 0.756. The highest BCUT2D eigenvalue weighted by Gasteiger charge is 2.26. The molecule has 2 aromatic carbocycles. The maximum Gasteiger partial charge on any atom is 0.410 e. The van der Waals surface area contributed by atoms with E-state index in [1.165, 1.54) is 26.3 Å². The van der Waals surface area contributed by atoms with Crippen LogP contribution in [0.2, 0.25) is 0 Å². The number of fused-ring (bicyclic) bond motifs is 2. The van der Waals surface area contributed by atoms with E-state index in [1.807, 2.05) is 25.7 Å². The number of nitrogens with zero attached hydrogens (tertiary/aromatic N) is 4. The minimum absolute atomic E-state index is 0.0848. The lowest BCUT2D eigenvalue weighted by molar-refractivity contribution is 0.0240. The molecule has 1 saturated heterocycles. The van der Waals surface area contributed by atoms with Gasteiger partial charge in [0.25, 0.3) is 0 Å². The molecule has 1 unspecified atom stereocenters. The van der Waals surface area contributed by atoms with E-state index in [2.05, 4.69) is 82.1 Å². The summed E-state index contributed by atoms with van der Waals surface area (Å²) >= 11 is 2.61. The lowest BCUT2D eigenvalue weighted by Gasteiger charge is -2.36. The third-order valence-corrected chi connectivity index (χ3v) is 10.8. The van der Waals surface area contributed by atoms with Crippen LogP contribution in [0.3, 0.4) is 0 Å². The van der Waals surface area contributed by atoms with Crippen molar-refractivity contribution in [3.8, 4) is 0 Å². The van der Waals surface area contributed by atoms with Crippen molar-refractivity contribution >= 4 is 52.0 Å². The van der Waals surface area contributed by atoms with Crippen LogP contribution < -0.4 is 15.2 Å². The monoisotopic (exact) mass is 608 g/mol. The van der Waals surface area contributed by atoms with Crippen molar-refractivity contribution in [1.82, 2.24) is 4.90 Å². The first kappa shape index (κ1) is 26.3. The number of halogens is 1. The van der Waals surface area contributed by atoms with Crippen LogP contribution in [-0.4, -0.2) is 55.9 Å². The molecule has 0 bridgehead atoms. The quantitative estimate of drug-likeness (QED) is 0.294. The zero-order valence-corrected chi connectivity index (χ0v) is 24.7. The van der Waals surface area contributed by atoms with Crippen LogP contribution in [0.25, 0.3) is 0 Å². The Morgan fingerprint density at radius 2 is 1.77 bits per heavy atom. The highest BCUT2D eigenvalue weighted by molar-refractivity contribution is 14.2. The molecule has 2 aliphatic rings. The first-order chi connectivity index (χ1) is 16.6. The molecule has 4 rings (SSSR count). The minimum atomic E-state index is -0.467. The number of piperazine rings is 1.